The van der Waals surface area contributed by atoms with E-state index >= 15 is 0 Å². The standard InChI is InChI=1S/C19H23N3O2/c1-24-18-8-6-7-16(12-18)21-19(23)15-11-17(14-20-13-15)22-9-4-2-3-5-10-22/h6-8,11-14H,2-5,9-10H2,1H3,(H,21,23). The fourth-order valence-electron chi connectivity index (χ4n) is 2.96. The van der Waals surface area contributed by atoms with Crippen LogP contribution in [0.2, 0.25) is 0 Å². The average molecular weight is 325 g/mol. The number of pyridine rings is 1. The van der Waals surface area contributed by atoms with Crippen LogP contribution in [0.4, 0.5) is 11.4 Å². The molecule has 3 rings (SSSR count). The van der Waals surface area contributed by atoms with Gasteiger partial charge in [-0.25, -0.2) is 0 Å². The maximum absolute atomic E-state index is 12.5. The summed E-state index contributed by atoms with van der Waals surface area (Å²) < 4.78 is 5.18. The quantitative estimate of drug-likeness (QED) is 0.931. The van der Waals surface area contributed by atoms with Crippen molar-refractivity contribution in [1.29, 1.82) is 0 Å². The largest absolute Gasteiger partial charge is 0.497 e. The molecule has 0 bridgehead atoms. The van der Waals surface area contributed by atoms with Crippen LogP contribution in [0.25, 0.3) is 0 Å². The van der Waals surface area contributed by atoms with Gasteiger partial charge in [-0.2, -0.15) is 0 Å². The van der Waals surface area contributed by atoms with E-state index in [2.05, 4.69) is 15.2 Å². The van der Waals surface area contributed by atoms with Crippen LogP contribution >= 0.6 is 0 Å². The number of rotatable bonds is 4. The Balaban J connectivity index is 1.73. The summed E-state index contributed by atoms with van der Waals surface area (Å²) in [6.07, 6.45) is 8.39. The van der Waals surface area contributed by atoms with Crippen molar-refractivity contribution < 1.29 is 9.53 Å². The number of hydrogen-bond acceptors (Lipinski definition) is 4. The number of carbonyl (C=O) groups is 1. The van der Waals surface area contributed by atoms with Crippen LogP contribution in [-0.2, 0) is 0 Å². The van der Waals surface area contributed by atoms with E-state index in [-0.39, 0.29) is 5.91 Å². The number of amides is 1. The van der Waals surface area contributed by atoms with Crippen LogP contribution in [0.5, 0.6) is 5.75 Å². The summed E-state index contributed by atoms with van der Waals surface area (Å²) in [4.78, 5) is 19.1. The Kier molecular flexibility index (Phi) is 5.31. The van der Waals surface area contributed by atoms with E-state index in [9.17, 15) is 4.79 Å². The predicted octanol–water partition coefficient (Wildman–Crippen LogP) is 3.72. The van der Waals surface area contributed by atoms with Crippen molar-refractivity contribution in [3.05, 3.63) is 48.3 Å². The van der Waals surface area contributed by atoms with Gasteiger partial charge in [-0.3, -0.25) is 9.78 Å². The third kappa shape index (κ3) is 4.04. The lowest BCUT2D eigenvalue weighted by Gasteiger charge is -2.22. The van der Waals surface area contributed by atoms with E-state index in [1.807, 2.05) is 30.5 Å². The van der Waals surface area contributed by atoms with Crippen LogP contribution in [0.1, 0.15) is 36.0 Å². The highest BCUT2D eigenvalue weighted by atomic mass is 16.5. The molecule has 24 heavy (non-hydrogen) atoms. The first-order valence-electron chi connectivity index (χ1n) is 8.42. The molecule has 1 aliphatic rings. The van der Waals surface area contributed by atoms with Gasteiger partial charge in [0.1, 0.15) is 5.75 Å². The molecule has 1 amide bonds. The van der Waals surface area contributed by atoms with Crippen molar-refractivity contribution >= 4 is 17.3 Å². The zero-order valence-corrected chi connectivity index (χ0v) is 14.0. The number of anilines is 2. The summed E-state index contributed by atoms with van der Waals surface area (Å²) in [6, 6.07) is 9.25. The first-order valence-corrected chi connectivity index (χ1v) is 8.42. The van der Waals surface area contributed by atoms with Crippen molar-refractivity contribution in [3.8, 4) is 5.75 Å². The molecule has 1 aromatic heterocycles. The maximum Gasteiger partial charge on any atom is 0.257 e. The second-order valence-electron chi connectivity index (χ2n) is 6.02. The summed E-state index contributed by atoms with van der Waals surface area (Å²) in [5.74, 6) is 0.552. The molecule has 126 valence electrons. The molecule has 5 heteroatoms. The Morgan fingerprint density at radius 3 is 2.67 bits per heavy atom. The third-order valence-electron chi connectivity index (χ3n) is 4.28. The molecule has 1 fully saturated rings. The van der Waals surface area contributed by atoms with E-state index in [1.165, 1.54) is 25.7 Å². The zero-order valence-electron chi connectivity index (χ0n) is 14.0. The van der Waals surface area contributed by atoms with E-state index in [4.69, 9.17) is 4.74 Å². The van der Waals surface area contributed by atoms with Gasteiger partial charge in [-0.15, -0.1) is 0 Å². The van der Waals surface area contributed by atoms with Crippen molar-refractivity contribution in [2.24, 2.45) is 0 Å². The van der Waals surface area contributed by atoms with Crippen LogP contribution in [0.3, 0.4) is 0 Å². The smallest absolute Gasteiger partial charge is 0.257 e. The number of nitrogens with one attached hydrogen (secondary N) is 1. The van der Waals surface area contributed by atoms with Gasteiger partial charge in [0.25, 0.3) is 5.91 Å². The first-order chi connectivity index (χ1) is 11.8. The lowest BCUT2D eigenvalue weighted by Crippen LogP contribution is -2.24. The molecule has 1 N–H and O–H groups in total. The minimum atomic E-state index is -0.160. The molecule has 0 atom stereocenters. The SMILES string of the molecule is COc1cccc(NC(=O)c2cncc(N3CCCCCC3)c2)c1. The highest BCUT2D eigenvalue weighted by molar-refractivity contribution is 6.04. The zero-order chi connectivity index (χ0) is 16.8. The van der Waals surface area contributed by atoms with Crippen LogP contribution < -0.4 is 15.0 Å². The average Bonchev–Trinajstić information content (AvgIpc) is 2.91. The van der Waals surface area contributed by atoms with Crippen molar-refractivity contribution in [3.63, 3.8) is 0 Å². The number of benzene rings is 1. The second kappa shape index (κ2) is 7.81. The second-order valence-corrected chi connectivity index (χ2v) is 6.02. The number of carbonyl (C=O) groups excluding carboxylic acids is 1. The molecule has 1 saturated heterocycles. The Labute approximate surface area is 142 Å². The Morgan fingerprint density at radius 1 is 1.12 bits per heavy atom. The normalized spacial score (nSPS) is 14.8. The molecule has 2 heterocycles. The van der Waals surface area contributed by atoms with Gasteiger partial charge in [0.15, 0.2) is 0 Å². The topological polar surface area (TPSA) is 54.5 Å². The van der Waals surface area contributed by atoms with E-state index in [0.29, 0.717) is 17.0 Å². The first kappa shape index (κ1) is 16.3. The number of methoxy groups -OCH3 is 1. The molecular formula is C19H23N3O2. The molecule has 0 unspecified atom stereocenters. The summed E-state index contributed by atoms with van der Waals surface area (Å²) >= 11 is 0. The highest BCUT2D eigenvalue weighted by Gasteiger charge is 2.13. The molecule has 0 aliphatic carbocycles. The Bertz CT molecular complexity index is 695. The predicted molar refractivity (Wildman–Crippen MR) is 95.9 cm³/mol. The molecule has 0 spiro atoms. The van der Waals surface area contributed by atoms with Crippen LogP contribution in [-0.4, -0.2) is 31.1 Å². The Morgan fingerprint density at radius 2 is 1.92 bits per heavy atom. The molecule has 1 aliphatic heterocycles. The molecular weight excluding hydrogens is 302 g/mol. The van der Waals surface area contributed by atoms with Gasteiger partial charge in [-0.1, -0.05) is 18.9 Å². The van der Waals surface area contributed by atoms with Gasteiger partial charge >= 0.3 is 0 Å². The Hall–Kier alpha value is -2.56. The van der Waals surface area contributed by atoms with E-state index < -0.39 is 0 Å². The number of aromatic nitrogens is 1. The molecule has 0 radical (unpaired) electrons. The van der Waals surface area contributed by atoms with Gasteiger partial charge in [0.05, 0.1) is 24.6 Å². The van der Waals surface area contributed by atoms with Gasteiger partial charge in [-0.05, 0) is 31.0 Å². The van der Waals surface area contributed by atoms with Crippen LogP contribution in [0.15, 0.2) is 42.7 Å². The monoisotopic (exact) mass is 325 g/mol. The fraction of sp³-hybridized carbons (Fsp3) is 0.368. The number of ether oxygens (including phenoxy) is 1. The van der Waals surface area contributed by atoms with Crippen LogP contribution in [0, 0.1) is 0 Å². The highest BCUT2D eigenvalue weighted by Crippen LogP contribution is 2.21. The molecule has 0 saturated carbocycles. The van der Waals surface area contributed by atoms with Crippen molar-refractivity contribution in [1.82, 2.24) is 4.98 Å². The van der Waals surface area contributed by atoms with Gasteiger partial charge in [0, 0.05) is 31.0 Å². The third-order valence-corrected chi connectivity index (χ3v) is 4.28. The summed E-state index contributed by atoms with van der Waals surface area (Å²) in [5.41, 5.74) is 2.30. The molecule has 5 nitrogen and oxygen atoms in total. The number of hydrogen-bond donors (Lipinski definition) is 1. The number of nitrogens with zero attached hydrogens (tertiary/aromatic N) is 2. The lowest BCUT2D eigenvalue weighted by atomic mass is 10.2. The van der Waals surface area contributed by atoms with Gasteiger partial charge < -0.3 is 15.0 Å². The summed E-state index contributed by atoms with van der Waals surface area (Å²) in [5, 5.41) is 2.90. The fourth-order valence-corrected chi connectivity index (χ4v) is 2.96. The molecule has 2 aromatic rings. The van der Waals surface area contributed by atoms with Crippen molar-refractivity contribution in [2.75, 3.05) is 30.4 Å². The maximum atomic E-state index is 12.5. The molecule has 1 aromatic carbocycles. The summed E-state index contributed by atoms with van der Waals surface area (Å²) in [7, 11) is 1.61. The minimum absolute atomic E-state index is 0.160. The summed E-state index contributed by atoms with van der Waals surface area (Å²) in [6.45, 7) is 2.06. The van der Waals surface area contributed by atoms with Crippen molar-refractivity contribution in [2.45, 2.75) is 25.7 Å². The van der Waals surface area contributed by atoms with E-state index in [0.717, 1.165) is 18.8 Å². The van der Waals surface area contributed by atoms with Gasteiger partial charge in [0.2, 0.25) is 0 Å². The minimum Gasteiger partial charge on any atom is -0.497 e. The van der Waals surface area contributed by atoms with E-state index in [1.54, 1.807) is 19.4 Å². The lowest BCUT2D eigenvalue weighted by molar-refractivity contribution is 0.102.